The molecular formula is C101H114N16O15. The SMILES string of the molecule is CN(C)C(C(=O)O)c1ccc2c(c1)OCO2.COC(=O)N[C@H](C(=O)N1CCC[C@H]1c1ncc(-c2ccc3cc(-c4ccc(-c5cnc([C@@H]6CCCN6C(=O)C(c6ccc7c(c6)OCO7)N(C)C)[nH]5)cc4)ccc3c2)[nH]1)C(C)C.COC(=O)N[C@H](C(=O)N1CCC[C@H]1c1ncc(-c2ccc3cc(-c4ccc(-c5cnc([C@@H]6CCCN6C(=O)OC(C)(C)C)[nH]5)cc4)ccc3c2)[nH]1)C(C)C. The van der Waals surface area contributed by atoms with Crippen molar-refractivity contribution in [3.8, 4) is 90.3 Å². The van der Waals surface area contributed by atoms with Crippen LogP contribution >= 0.6 is 0 Å². The average Bonchev–Trinajstić information content (AvgIpc) is 1.65. The summed E-state index contributed by atoms with van der Waals surface area (Å²) in [6.45, 7) is 16.2. The lowest BCUT2D eigenvalue weighted by molar-refractivity contribution is -0.142. The Hall–Kier alpha value is -14.1. The lowest BCUT2D eigenvalue weighted by Gasteiger charge is -2.31. The topological polar surface area (TPSA) is 363 Å². The van der Waals surface area contributed by atoms with Gasteiger partial charge in [-0.05, 0) is 227 Å². The van der Waals surface area contributed by atoms with Gasteiger partial charge < -0.3 is 83.5 Å². The first-order chi connectivity index (χ1) is 63.5. The number of ether oxygens (including phenoxy) is 7. The molecule has 0 radical (unpaired) electrons. The van der Waals surface area contributed by atoms with Crippen LogP contribution < -0.4 is 29.6 Å². The fourth-order valence-electron chi connectivity index (χ4n) is 18.4. The quantitative estimate of drug-likeness (QED) is 0.0310. The highest BCUT2D eigenvalue weighted by Gasteiger charge is 2.42. The van der Waals surface area contributed by atoms with Crippen LogP contribution in [0.25, 0.3) is 88.8 Å². The van der Waals surface area contributed by atoms with E-state index in [0.29, 0.717) is 54.7 Å². The van der Waals surface area contributed by atoms with E-state index in [1.54, 1.807) is 42.1 Å². The molecule has 31 heteroatoms. The third-order valence-corrected chi connectivity index (χ3v) is 25.2. The monoisotopic (exact) mass is 1790 g/mol. The maximum atomic E-state index is 14.2. The molecule has 4 fully saturated rings. The van der Waals surface area contributed by atoms with Gasteiger partial charge in [0.1, 0.15) is 53.1 Å². The molecule has 4 aromatic heterocycles. The summed E-state index contributed by atoms with van der Waals surface area (Å²) >= 11 is 0. The number of nitrogens with zero attached hydrogens (tertiary/aromatic N) is 10. The molecule has 0 aliphatic carbocycles. The van der Waals surface area contributed by atoms with E-state index >= 15 is 0 Å². The van der Waals surface area contributed by atoms with Crippen LogP contribution in [0.2, 0.25) is 0 Å². The first-order valence-corrected chi connectivity index (χ1v) is 45.0. The summed E-state index contributed by atoms with van der Waals surface area (Å²) in [6, 6.07) is 50.3. The lowest BCUT2D eigenvalue weighted by atomic mass is 9.98. The number of carboxylic acids is 1. The highest BCUT2D eigenvalue weighted by molar-refractivity contribution is 5.93. The number of amides is 6. The number of carbonyl (C=O) groups is 7. The van der Waals surface area contributed by atoms with E-state index in [1.165, 1.54) is 14.2 Å². The normalized spacial score (nSPS) is 17.7. The Morgan fingerprint density at radius 2 is 0.712 bits per heavy atom. The Kier molecular flexibility index (Phi) is 27.2. The van der Waals surface area contributed by atoms with Crippen molar-refractivity contribution in [2.45, 2.75) is 154 Å². The van der Waals surface area contributed by atoms with Crippen LogP contribution in [0.5, 0.6) is 23.0 Å². The van der Waals surface area contributed by atoms with Crippen LogP contribution in [0.3, 0.4) is 0 Å². The molecule has 6 amide bonds. The predicted molar refractivity (Wildman–Crippen MR) is 499 cm³/mol. The third-order valence-electron chi connectivity index (χ3n) is 25.2. The van der Waals surface area contributed by atoms with Gasteiger partial charge in [0.25, 0.3) is 0 Å². The zero-order valence-corrected chi connectivity index (χ0v) is 76.6. The molecule has 132 heavy (non-hydrogen) atoms. The number of hydrogen-bond acceptors (Lipinski definition) is 20. The van der Waals surface area contributed by atoms with Crippen LogP contribution in [0.15, 0.2) is 183 Å². The number of nitrogens with one attached hydrogen (secondary N) is 6. The first kappa shape index (κ1) is 91.2. The number of H-pyrrole nitrogens is 4. The van der Waals surface area contributed by atoms with Crippen molar-refractivity contribution in [3.05, 3.63) is 217 Å². The zero-order chi connectivity index (χ0) is 92.9. The molecule has 6 aliphatic rings. The molecule has 18 rings (SSSR count). The smallest absolute Gasteiger partial charge is 0.410 e. The van der Waals surface area contributed by atoms with Gasteiger partial charge in [0.15, 0.2) is 23.0 Å². The van der Waals surface area contributed by atoms with E-state index in [9.17, 15) is 33.6 Å². The second kappa shape index (κ2) is 39.3. The number of hydrogen-bond donors (Lipinski definition) is 7. The minimum atomic E-state index is -0.885. The van der Waals surface area contributed by atoms with Crippen LogP contribution in [0.4, 0.5) is 14.4 Å². The first-order valence-electron chi connectivity index (χ1n) is 45.0. The second-order valence-electron chi connectivity index (χ2n) is 36.3. The fourth-order valence-corrected chi connectivity index (χ4v) is 18.4. The number of carbonyl (C=O) groups excluding carboxylic acids is 6. The summed E-state index contributed by atoms with van der Waals surface area (Å²) < 4.78 is 36.7. The Morgan fingerprint density at radius 1 is 0.402 bits per heavy atom. The minimum absolute atomic E-state index is 0.0366. The number of carboxylic acid groups (broad SMARTS) is 1. The van der Waals surface area contributed by atoms with Crippen LogP contribution in [-0.2, 0) is 33.4 Å². The fraction of sp³-hybridized carbons (Fsp3) is 0.376. The largest absolute Gasteiger partial charge is 0.480 e. The number of aliphatic carboxylic acids is 1. The zero-order valence-electron chi connectivity index (χ0n) is 76.6. The van der Waals surface area contributed by atoms with Crippen molar-refractivity contribution in [3.63, 3.8) is 0 Å². The van der Waals surface area contributed by atoms with Gasteiger partial charge in [-0.25, -0.2) is 34.3 Å². The summed E-state index contributed by atoms with van der Waals surface area (Å²) in [5.74, 6) is 4.35. The number of imidazole rings is 4. The molecule has 4 saturated heterocycles. The van der Waals surface area contributed by atoms with Gasteiger partial charge in [-0.15, -0.1) is 0 Å². The number of fused-ring (bicyclic) bond motifs is 4. The molecule has 6 aliphatic heterocycles. The highest BCUT2D eigenvalue weighted by Crippen LogP contribution is 2.43. The van der Waals surface area contributed by atoms with Crippen molar-refractivity contribution in [2.75, 3.05) is 82.2 Å². The number of methoxy groups -OCH3 is 2. The summed E-state index contributed by atoms with van der Waals surface area (Å²) in [4.78, 5) is 133. The van der Waals surface area contributed by atoms with E-state index in [2.05, 4.69) is 157 Å². The molecule has 7 N–H and O–H groups in total. The van der Waals surface area contributed by atoms with Crippen molar-refractivity contribution < 1.29 is 71.8 Å². The molecule has 0 spiro atoms. The number of rotatable bonds is 22. The minimum Gasteiger partial charge on any atom is -0.480 e. The lowest BCUT2D eigenvalue weighted by Crippen LogP contribution is -2.51. The van der Waals surface area contributed by atoms with Crippen molar-refractivity contribution in [2.24, 2.45) is 11.8 Å². The summed E-state index contributed by atoms with van der Waals surface area (Å²) in [6.07, 6.45) is 12.6. The standard InChI is InChI=1S/C48H52N8O6.C42H49N7O5.C11H13NO4/c1-28(2)42(53-48(59)60-5)46(57)55-20-6-8-38(55)44-50-26-37(52-44)34-17-16-32-22-31(14-15-33(32)23-34)29-10-12-30(13-11-29)36-25-49-45(51-36)39-9-7-21-56(39)47(58)43(54(3)4)35-18-19-40-41(24-35)62-27-61-40;1-25(2)36(47-40(51)53-6)39(50)48-19-7-9-34(48)37-44-24-33(46-37)31-18-17-29-21-28(15-16-30(29)22-31)26-11-13-27(14-12-26)32-23-43-38(45-32)35-10-8-20-49(35)41(52)54-42(3,4)5;1-12(2)10(11(13)14)7-3-4-8-9(5-7)16-6-15-8/h10-19,22-26,28,38-39,42-43H,6-9,20-21,27H2,1-5H3,(H,49,51)(H,50,52)(H,53,59);11-18,21-25,34-36H,7-10,19-20H2,1-6H3,(H,43,45)(H,44,46)(H,47,51);3-5,10H,6H2,1-2H3,(H,13,14)/t38-,39-,42-,43?;34-,35-,36-;/m00./s1. The van der Waals surface area contributed by atoms with E-state index < -0.39 is 47.9 Å². The molecule has 8 aromatic carbocycles. The Balaban J connectivity index is 0.000000166. The second-order valence-corrected chi connectivity index (χ2v) is 36.3. The Morgan fingerprint density at radius 3 is 1.06 bits per heavy atom. The Bertz CT molecular complexity index is 6210. The molecule has 688 valence electrons. The average molecular weight is 1790 g/mol. The molecule has 0 saturated carbocycles. The van der Waals surface area contributed by atoms with Crippen LogP contribution in [-0.4, -0.2) is 216 Å². The number of aromatic nitrogens is 8. The maximum Gasteiger partial charge on any atom is 0.410 e. The predicted octanol–water partition coefficient (Wildman–Crippen LogP) is 17.5. The van der Waals surface area contributed by atoms with Crippen molar-refractivity contribution in [1.29, 1.82) is 0 Å². The van der Waals surface area contributed by atoms with E-state index in [0.717, 1.165) is 169 Å². The molecule has 2 unspecified atom stereocenters. The molecular weight excluding hydrogens is 1680 g/mol. The van der Waals surface area contributed by atoms with Gasteiger partial charge in [-0.2, -0.15) is 0 Å². The van der Waals surface area contributed by atoms with E-state index in [4.69, 9.17) is 53.2 Å². The van der Waals surface area contributed by atoms with Gasteiger partial charge in [-0.1, -0.05) is 137 Å². The van der Waals surface area contributed by atoms with Gasteiger partial charge in [0, 0.05) is 37.3 Å². The summed E-state index contributed by atoms with van der Waals surface area (Å²) in [7, 11) is 9.90. The number of likely N-dealkylation sites (tertiary alicyclic amines) is 4. The maximum absolute atomic E-state index is 14.2. The summed E-state index contributed by atoms with van der Waals surface area (Å²) in [5, 5.41) is 19.0. The number of benzene rings is 8. The van der Waals surface area contributed by atoms with Crippen molar-refractivity contribution >= 4 is 63.5 Å². The summed E-state index contributed by atoms with van der Waals surface area (Å²) in [5.41, 5.74) is 13.0. The van der Waals surface area contributed by atoms with Crippen LogP contribution in [0, 0.1) is 11.8 Å². The molecule has 31 nitrogen and oxygen atoms in total. The molecule has 0 bridgehead atoms. The molecule has 10 heterocycles. The number of likely N-dealkylation sites (N-methyl/N-ethyl adjacent to an activating group) is 2. The Labute approximate surface area is 766 Å². The molecule has 8 atom stereocenters. The van der Waals surface area contributed by atoms with Gasteiger partial charge in [0.05, 0.1) is 86.0 Å². The third kappa shape index (κ3) is 20.0. The van der Waals surface area contributed by atoms with Crippen LogP contribution in [0.1, 0.15) is 171 Å². The highest BCUT2D eigenvalue weighted by atomic mass is 16.7. The van der Waals surface area contributed by atoms with Gasteiger partial charge >= 0.3 is 24.2 Å². The van der Waals surface area contributed by atoms with Gasteiger partial charge in [0.2, 0.25) is 31.3 Å². The molecule has 12 aromatic rings. The van der Waals surface area contributed by atoms with Crippen molar-refractivity contribution in [1.82, 2.24) is 79.9 Å². The number of alkyl carbamates (subject to hydrolysis) is 2. The number of aromatic amines is 4. The van der Waals surface area contributed by atoms with E-state index in [-0.39, 0.29) is 73.4 Å². The van der Waals surface area contributed by atoms with Gasteiger partial charge in [-0.3, -0.25) is 33.9 Å². The van der Waals surface area contributed by atoms with E-state index in [1.807, 2.05) is 125 Å².